The molecule has 104 valence electrons. The first kappa shape index (κ1) is 13.9. The zero-order valence-electron chi connectivity index (χ0n) is 11.8. The monoisotopic (exact) mass is 262 g/mol. The zero-order chi connectivity index (χ0) is 14.0. The third-order valence-corrected chi connectivity index (χ3v) is 3.38. The molecule has 4 nitrogen and oxygen atoms in total. The van der Waals surface area contributed by atoms with Gasteiger partial charge in [-0.15, -0.1) is 0 Å². The van der Waals surface area contributed by atoms with Crippen LogP contribution in [0.4, 0.5) is 0 Å². The lowest BCUT2D eigenvalue weighted by Crippen LogP contribution is -2.36. The molecule has 1 aromatic rings. The molecule has 2 rings (SSSR count). The van der Waals surface area contributed by atoms with E-state index in [4.69, 9.17) is 20.6 Å². The Kier molecular flexibility index (Phi) is 4.10. The number of benzene rings is 1. The lowest BCUT2D eigenvalue weighted by atomic mass is 10.0. The van der Waals surface area contributed by atoms with Gasteiger partial charge in [0.25, 0.3) is 0 Å². The summed E-state index contributed by atoms with van der Waals surface area (Å²) in [6, 6.07) is 5.74. The van der Waals surface area contributed by atoms with E-state index in [1.165, 1.54) is 0 Å². The van der Waals surface area contributed by atoms with E-state index in [0.29, 0.717) is 11.3 Å². The minimum Gasteiger partial charge on any atom is -0.489 e. The summed E-state index contributed by atoms with van der Waals surface area (Å²) in [6.07, 6.45) is 2.28. The van der Waals surface area contributed by atoms with Crippen molar-refractivity contribution in [1.82, 2.24) is 0 Å². The van der Waals surface area contributed by atoms with Gasteiger partial charge < -0.3 is 15.2 Å². The Bertz CT molecular complexity index is 463. The maximum atomic E-state index is 7.62. The summed E-state index contributed by atoms with van der Waals surface area (Å²) in [7, 11) is 0. The van der Waals surface area contributed by atoms with Crippen LogP contribution in [0, 0.1) is 12.3 Å². The van der Waals surface area contributed by atoms with Crippen LogP contribution in [0.1, 0.15) is 37.8 Å². The number of nitrogens with one attached hydrogen (secondary N) is 1. The molecule has 1 aliphatic heterocycles. The fourth-order valence-electron chi connectivity index (χ4n) is 2.57. The fourth-order valence-corrected chi connectivity index (χ4v) is 2.57. The molecule has 0 radical (unpaired) electrons. The van der Waals surface area contributed by atoms with Gasteiger partial charge in [0.2, 0.25) is 0 Å². The van der Waals surface area contributed by atoms with Crippen molar-refractivity contribution in [2.45, 2.75) is 51.9 Å². The molecule has 1 fully saturated rings. The molecule has 0 bridgehead atoms. The van der Waals surface area contributed by atoms with Crippen molar-refractivity contribution in [3.8, 4) is 5.75 Å². The van der Waals surface area contributed by atoms with E-state index in [1.54, 1.807) is 0 Å². The van der Waals surface area contributed by atoms with Crippen LogP contribution in [-0.2, 0) is 4.74 Å². The van der Waals surface area contributed by atoms with Crippen molar-refractivity contribution in [3.05, 3.63) is 29.3 Å². The predicted molar refractivity (Wildman–Crippen MR) is 75.9 cm³/mol. The number of nitrogens with two attached hydrogens (primary N) is 1. The lowest BCUT2D eigenvalue weighted by Gasteiger charge is -2.32. The van der Waals surface area contributed by atoms with Gasteiger partial charge in [-0.25, -0.2) is 0 Å². The molecule has 2 unspecified atom stereocenters. The quantitative estimate of drug-likeness (QED) is 0.650. The van der Waals surface area contributed by atoms with Gasteiger partial charge in [0.05, 0.1) is 17.8 Å². The van der Waals surface area contributed by atoms with Gasteiger partial charge in [-0.3, -0.25) is 5.41 Å². The third-order valence-electron chi connectivity index (χ3n) is 3.38. The van der Waals surface area contributed by atoms with Gasteiger partial charge in [-0.2, -0.15) is 0 Å². The Labute approximate surface area is 114 Å². The molecule has 3 N–H and O–H groups in total. The molecule has 0 amide bonds. The van der Waals surface area contributed by atoms with Crippen molar-refractivity contribution in [1.29, 1.82) is 5.41 Å². The molecule has 1 aromatic carbocycles. The molecule has 0 spiro atoms. The molecule has 2 atom stereocenters. The Morgan fingerprint density at radius 1 is 1.32 bits per heavy atom. The van der Waals surface area contributed by atoms with Gasteiger partial charge in [0.15, 0.2) is 0 Å². The highest BCUT2D eigenvalue weighted by Gasteiger charge is 2.26. The van der Waals surface area contributed by atoms with E-state index in [0.717, 1.165) is 18.4 Å². The Morgan fingerprint density at radius 3 is 2.53 bits per heavy atom. The molecule has 0 aromatic heterocycles. The van der Waals surface area contributed by atoms with Gasteiger partial charge in [-0.05, 0) is 38.5 Å². The van der Waals surface area contributed by atoms with E-state index in [-0.39, 0.29) is 24.1 Å². The standard InChI is InChI=1S/C15H22N2O2/c1-9-4-5-13(15(16)17)14(6-9)19-12-7-10(2)18-11(3)8-12/h4-6,10-12H,7-8H2,1-3H3,(H3,16,17). The Morgan fingerprint density at radius 2 is 1.95 bits per heavy atom. The number of nitrogen functional groups attached to an aromatic ring is 1. The SMILES string of the molecule is Cc1ccc(C(=N)N)c(OC2CC(C)OC(C)C2)c1. The summed E-state index contributed by atoms with van der Waals surface area (Å²) in [5.74, 6) is 0.752. The van der Waals surface area contributed by atoms with E-state index < -0.39 is 0 Å². The van der Waals surface area contributed by atoms with Crippen LogP contribution < -0.4 is 10.5 Å². The van der Waals surface area contributed by atoms with Gasteiger partial charge in [0, 0.05) is 12.8 Å². The average Bonchev–Trinajstić information content (AvgIpc) is 2.26. The minimum atomic E-state index is 0.0446. The van der Waals surface area contributed by atoms with Crippen LogP contribution in [0.2, 0.25) is 0 Å². The highest BCUT2D eigenvalue weighted by molar-refractivity contribution is 5.97. The summed E-state index contributed by atoms with van der Waals surface area (Å²) in [5, 5.41) is 7.62. The fraction of sp³-hybridized carbons (Fsp3) is 0.533. The second kappa shape index (κ2) is 5.61. The van der Waals surface area contributed by atoms with Gasteiger partial charge >= 0.3 is 0 Å². The van der Waals surface area contributed by atoms with Crippen molar-refractivity contribution in [2.75, 3.05) is 0 Å². The van der Waals surface area contributed by atoms with Crippen molar-refractivity contribution in [2.24, 2.45) is 5.73 Å². The van der Waals surface area contributed by atoms with Crippen LogP contribution in [0.15, 0.2) is 18.2 Å². The van der Waals surface area contributed by atoms with E-state index in [2.05, 4.69) is 13.8 Å². The number of ether oxygens (including phenoxy) is 2. The minimum absolute atomic E-state index is 0.0446. The van der Waals surface area contributed by atoms with E-state index in [9.17, 15) is 0 Å². The molecule has 1 aliphatic rings. The second-order valence-corrected chi connectivity index (χ2v) is 5.38. The summed E-state index contributed by atoms with van der Waals surface area (Å²) in [5.41, 5.74) is 7.37. The van der Waals surface area contributed by atoms with Crippen LogP contribution in [-0.4, -0.2) is 24.1 Å². The van der Waals surface area contributed by atoms with E-state index >= 15 is 0 Å². The largest absolute Gasteiger partial charge is 0.489 e. The first-order valence-electron chi connectivity index (χ1n) is 6.73. The molecule has 0 saturated carbocycles. The maximum Gasteiger partial charge on any atom is 0.130 e. The first-order chi connectivity index (χ1) is 8.95. The summed E-state index contributed by atoms with van der Waals surface area (Å²) < 4.78 is 11.8. The topological polar surface area (TPSA) is 68.3 Å². The smallest absolute Gasteiger partial charge is 0.130 e. The number of hydrogen-bond donors (Lipinski definition) is 2. The maximum absolute atomic E-state index is 7.62. The number of amidine groups is 1. The second-order valence-electron chi connectivity index (χ2n) is 5.38. The molecular weight excluding hydrogens is 240 g/mol. The van der Waals surface area contributed by atoms with Crippen LogP contribution in [0.3, 0.4) is 0 Å². The number of aryl methyl sites for hydroxylation is 1. The number of rotatable bonds is 3. The normalized spacial score (nSPS) is 27.0. The predicted octanol–water partition coefficient (Wildman–Crippen LogP) is 2.61. The lowest BCUT2D eigenvalue weighted by molar-refractivity contribution is -0.0721. The zero-order valence-corrected chi connectivity index (χ0v) is 11.8. The molecule has 1 saturated heterocycles. The Balaban J connectivity index is 2.18. The average molecular weight is 262 g/mol. The molecule has 1 heterocycles. The summed E-state index contributed by atoms with van der Waals surface area (Å²) >= 11 is 0. The van der Waals surface area contributed by atoms with Gasteiger partial charge in [0.1, 0.15) is 17.7 Å². The highest BCUT2D eigenvalue weighted by atomic mass is 16.5. The van der Waals surface area contributed by atoms with Crippen molar-refractivity contribution >= 4 is 5.84 Å². The first-order valence-corrected chi connectivity index (χ1v) is 6.73. The van der Waals surface area contributed by atoms with Crippen LogP contribution in [0.5, 0.6) is 5.75 Å². The third kappa shape index (κ3) is 3.47. The molecule has 0 aliphatic carbocycles. The van der Waals surface area contributed by atoms with Crippen LogP contribution in [0.25, 0.3) is 0 Å². The van der Waals surface area contributed by atoms with Gasteiger partial charge in [-0.1, -0.05) is 6.07 Å². The number of hydrogen-bond acceptors (Lipinski definition) is 3. The molecule has 19 heavy (non-hydrogen) atoms. The Hall–Kier alpha value is -1.55. The molecular formula is C15H22N2O2. The van der Waals surface area contributed by atoms with E-state index in [1.807, 2.05) is 25.1 Å². The van der Waals surface area contributed by atoms with Crippen molar-refractivity contribution in [3.63, 3.8) is 0 Å². The summed E-state index contributed by atoms with van der Waals surface area (Å²) in [4.78, 5) is 0. The highest BCUT2D eigenvalue weighted by Crippen LogP contribution is 2.27. The molecule has 4 heteroatoms. The summed E-state index contributed by atoms with van der Waals surface area (Å²) in [6.45, 7) is 6.13. The van der Waals surface area contributed by atoms with Crippen molar-refractivity contribution < 1.29 is 9.47 Å². The van der Waals surface area contributed by atoms with Crippen LogP contribution >= 0.6 is 0 Å².